The number of aromatic nitrogens is 1. The average molecular weight is 413 g/mol. The maximum absolute atomic E-state index is 12.4. The van der Waals surface area contributed by atoms with E-state index in [1.54, 1.807) is 24.3 Å². The molecule has 4 aromatic rings. The van der Waals surface area contributed by atoms with Crippen molar-refractivity contribution in [2.45, 2.75) is 12.8 Å². The first kappa shape index (κ1) is 20.2. The Morgan fingerprint density at radius 2 is 1.55 bits per heavy atom. The highest BCUT2D eigenvalue weighted by Gasteiger charge is 2.08. The van der Waals surface area contributed by atoms with Crippen molar-refractivity contribution < 1.29 is 14.3 Å². The van der Waals surface area contributed by atoms with Crippen LogP contribution in [-0.4, -0.2) is 23.4 Å². The van der Waals surface area contributed by atoms with Crippen molar-refractivity contribution in [2.75, 3.05) is 17.2 Å². The van der Waals surface area contributed by atoms with Gasteiger partial charge in [0.05, 0.1) is 0 Å². The van der Waals surface area contributed by atoms with Gasteiger partial charge in [0.1, 0.15) is 5.75 Å². The molecule has 0 saturated heterocycles. The van der Waals surface area contributed by atoms with E-state index in [9.17, 15) is 9.59 Å². The minimum Gasteiger partial charge on any atom is -0.484 e. The molecule has 0 saturated carbocycles. The Hall–Kier alpha value is -4.06. The standard InChI is InChI=1S/C25H23N3O3/c29-24(14-13-18-16-26-23-12-5-4-11-22(18)23)28-20-9-6-10-21(15-20)31-17-25(30)27-19-7-2-1-3-8-19/h1-12,15-16,26H,13-14,17H2,(H,27,30)(H,28,29). The number of hydrogen-bond acceptors (Lipinski definition) is 3. The third-order valence-corrected chi connectivity index (χ3v) is 4.84. The van der Waals surface area contributed by atoms with E-state index in [1.807, 2.05) is 60.8 Å². The van der Waals surface area contributed by atoms with E-state index >= 15 is 0 Å². The first-order valence-corrected chi connectivity index (χ1v) is 10.1. The number of aryl methyl sites for hydroxylation is 1. The zero-order valence-electron chi connectivity index (χ0n) is 16.9. The van der Waals surface area contributed by atoms with Crippen LogP contribution in [0.2, 0.25) is 0 Å². The van der Waals surface area contributed by atoms with Gasteiger partial charge in [0.2, 0.25) is 5.91 Å². The molecule has 3 N–H and O–H groups in total. The van der Waals surface area contributed by atoms with Gasteiger partial charge in [-0.05, 0) is 42.3 Å². The van der Waals surface area contributed by atoms with Gasteiger partial charge in [0.25, 0.3) is 5.91 Å². The highest BCUT2D eigenvalue weighted by atomic mass is 16.5. The van der Waals surface area contributed by atoms with Crippen LogP contribution in [0.4, 0.5) is 11.4 Å². The second-order valence-electron chi connectivity index (χ2n) is 7.14. The number of rotatable bonds is 8. The highest BCUT2D eigenvalue weighted by Crippen LogP contribution is 2.20. The van der Waals surface area contributed by atoms with Crippen molar-refractivity contribution >= 4 is 34.1 Å². The third-order valence-electron chi connectivity index (χ3n) is 4.84. The van der Waals surface area contributed by atoms with Gasteiger partial charge in [-0.3, -0.25) is 9.59 Å². The Labute approximate surface area is 180 Å². The summed E-state index contributed by atoms with van der Waals surface area (Å²) >= 11 is 0. The number of carbonyl (C=O) groups is 2. The van der Waals surface area contributed by atoms with Crippen molar-refractivity contribution in [2.24, 2.45) is 0 Å². The minimum absolute atomic E-state index is 0.0794. The fourth-order valence-corrected chi connectivity index (χ4v) is 3.34. The van der Waals surface area contributed by atoms with Crippen LogP contribution in [0.1, 0.15) is 12.0 Å². The molecule has 0 aliphatic heterocycles. The van der Waals surface area contributed by atoms with Gasteiger partial charge < -0.3 is 20.4 Å². The van der Waals surface area contributed by atoms with Crippen molar-refractivity contribution in [3.05, 3.63) is 90.6 Å². The van der Waals surface area contributed by atoms with Crippen molar-refractivity contribution in [1.29, 1.82) is 0 Å². The van der Waals surface area contributed by atoms with Crippen LogP contribution in [0, 0.1) is 0 Å². The molecule has 6 heteroatoms. The molecule has 0 aliphatic carbocycles. The molecule has 4 rings (SSSR count). The van der Waals surface area contributed by atoms with E-state index in [4.69, 9.17) is 4.74 Å². The lowest BCUT2D eigenvalue weighted by atomic mass is 10.1. The number of para-hydroxylation sites is 2. The summed E-state index contributed by atoms with van der Waals surface area (Å²) < 4.78 is 5.56. The molecular weight excluding hydrogens is 390 g/mol. The Kier molecular flexibility index (Phi) is 6.28. The van der Waals surface area contributed by atoms with Crippen molar-refractivity contribution in [3.63, 3.8) is 0 Å². The molecule has 0 aliphatic rings. The normalized spacial score (nSPS) is 10.6. The summed E-state index contributed by atoms with van der Waals surface area (Å²) in [7, 11) is 0. The van der Waals surface area contributed by atoms with Crippen LogP contribution in [0.15, 0.2) is 85.1 Å². The molecule has 2 amide bonds. The largest absolute Gasteiger partial charge is 0.484 e. The zero-order chi connectivity index (χ0) is 21.5. The fraction of sp³-hybridized carbons (Fsp3) is 0.120. The minimum atomic E-state index is -0.251. The maximum atomic E-state index is 12.4. The Morgan fingerprint density at radius 1 is 0.806 bits per heavy atom. The fourth-order valence-electron chi connectivity index (χ4n) is 3.34. The maximum Gasteiger partial charge on any atom is 0.262 e. The molecule has 1 aromatic heterocycles. The first-order chi connectivity index (χ1) is 15.2. The summed E-state index contributed by atoms with van der Waals surface area (Å²) in [5.74, 6) is 0.182. The molecule has 31 heavy (non-hydrogen) atoms. The van der Waals surface area contributed by atoms with Crippen LogP contribution in [0.5, 0.6) is 5.75 Å². The Balaban J connectivity index is 1.27. The van der Waals surface area contributed by atoms with Crippen LogP contribution >= 0.6 is 0 Å². The van der Waals surface area contributed by atoms with Gasteiger partial charge in [-0.1, -0.05) is 42.5 Å². The molecule has 6 nitrogen and oxygen atoms in total. The SMILES string of the molecule is O=C(CCc1c[nH]c2ccccc12)Nc1cccc(OCC(=O)Nc2ccccc2)c1. The van der Waals surface area contributed by atoms with E-state index in [0.29, 0.717) is 30.0 Å². The number of amides is 2. The zero-order valence-corrected chi connectivity index (χ0v) is 16.9. The van der Waals surface area contributed by atoms with Crippen LogP contribution in [0.25, 0.3) is 10.9 Å². The van der Waals surface area contributed by atoms with E-state index in [-0.39, 0.29) is 18.4 Å². The quantitative estimate of drug-likeness (QED) is 0.390. The van der Waals surface area contributed by atoms with E-state index < -0.39 is 0 Å². The van der Waals surface area contributed by atoms with Gasteiger partial charge in [-0.15, -0.1) is 0 Å². The average Bonchev–Trinajstić information content (AvgIpc) is 3.20. The highest BCUT2D eigenvalue weighted by molar-refractivity contribution is 5.92. The number of carbonyl (C=O) groups excluding carboxylic acids is 2. The van der Waals surface area contributed by atoms with E-state index in [1.165, 1.54) is 0 Å². The van der Waals surface area contributed by atoms with Gasteiger partial charge in [-0.2, -0.15) is 0 Å². The molecule has 1 heterocycles. The van der Waals surface area contributed by atoms with Gasteiger partial charge >= 0.3 is 0 Å². The number of fused-ring (bicyclic) bond motifs is 1. The number of H-pyrrole nitrogens is 1. The molecule has 0 atom stereocenters. The summed E-state index contributed by atoms with van der Waals surface area (Å²) in [6.45, 7) is -0.118. The summed E-state index contributed by atoms with van der Waals surface area (Å²) in [5.41, 5.74) is 3.53. The third kappa shape index (κ3) is 5.51. The lowest BCUT2D eigenvalue weighted by molar-refractivity contribution is -0.118. The summed E-state index contributed by atoms with van der Waals surface area (Å²) in [6, 6.07) is 24.3. The number of aromatic amines is 1. The molecule has 0 radical (unpaired) electrons. The number of anilines is 2. The van der Waals surface area contributed by atoms with Crippen LogP contribution in [-0.2, 0) is 16.0 Å². The topological polar surface area (TPSA) is 83.2 Å². The number of hydrogen-bond donors (Lipinski definition) is 3. The molecule has 0 bridgehead atoms. The lowest BCUT2D eigenvalue weighted by Gasteiger charge is -2.10. The number of ether oxygens (including phenoxy) is 1. The second kappa shape index (κ2) is 9.63. The van der Waals surface area contributed by atoms with Crippen LogP contribution < -0.4 is 15.4 Å². The lowest BCUT2D eigenvalue weighted by Crippen LogP contribution is -2.20. The predicted octanol–water partition coefficient (Wildman–Crippen LogP) is 4.76. The molecule has 0 unspecified atom stereocenters. The summed E-state index contributed by atoms with van der Waals surface area (Å²) in [6.07, 6.45) is 2.96. The Bertz CT molecular complexity index is 1180. The van der Waals surface area contributed by atoms with Crippen molar-refractivity contribution in [3.8, 4) is 5.75 Å². The van der Waals surface area contributed by atoms with Crippen LogP contribution in [0.3, 0.4) is 0 Å². The first-order valence-electron chi connectivity index (χ1n) is 10.1. The molecule has 0 fully saturated rings. The van der Waals surface area contributed by atoms with Crippen molar-refractivity contribution in [1.82, 2.24) is 4.98 Å². The van der Waals surface area contributed by atoms with Gasteiger partial charge in [0.15, 0.2) is 6.61 Å². The molecular formula is C25H23N3O3. The monoisotopic (exact) mass is 413 g/mol. The molecule has 3 aromatic carbocycles. The van der Waals surface area contributed by atoms with Gasteiger partial charge in [-0.25, -0.2) is 0 Å². The predicted molar refractivity (Wildman–Crippen MR) is 122 cm³/mol. The van der Waals surface area contributed by atoms with E-state index in [0.717, 1.165) is 16.5 Å². The summed E-state index contributed by atoms with van der Waals surface area (Å²) in [5, 5.41) is 6.79. The molecule has 0 spiro atoms. The van der Waals surface area contributed by atoms with E-state index in [2.05, 4.69) is 15.6 Å². The molecule has 156 valence electrons. The Morgan fingerprint density at radius 3 is 2.42 bits per heavy atom. The van der Waals surface area contributed by atoms with Gasteiger partial charge in [0, 0.05) is 41.0 Å². The second-order valence-corrected chi connectivity index (χ2v) is 7.14. The number of benzene rings is 3. The summed E-state index contributed by atoms with van der Waals surface area (Å²) in [4.78, 5) is 27.7. The smallest absolute Gasteiger partial charge is 0.262 e. The number of nitrogens with one attached hydrogen (secondary N) is 3.